The molecule has 42 heavy (non-hydrogen) atoms. The maximum atomic E-state index is 13.1. The molecule has 0 fully saturated rings. The summed E-state index contributed by atoms with van der Waals surface area (Å²) < 4.78 is 18.0. The van der Waals surface area contributed by atoms with Crippen molar-refractivity contribution in [3.63, 3.8) is 0 Å². The Kier molecular flexibility index (Phi) is 15.2. The average molecular weight is 573 g/mol. The zero-order chi connectivity index (χ0) is 30.0. The quantitative estimate of drug-likeness (QED) is 0.0767. The molecular weight excluding hydrogens is 520 g/mol. The minimum absolute atomic E-state index is 0.0696. The standard InChI is InChI=1S/C38H52O4/c1-5-8-9-10-11-12-13-14-15-19-35(18-6-2)41-36-20-16-17-21-37(36)42-38(39)34-28-26-33(27-29-34)32-24-22-31(23-25-32)30(4)40-7-3/h16-17,20-30,35H,5-15,18-19H2,1-4H3. The van der Waals surface area contributed by atoms with E-state index in [1.165, 1.54) is 57.8 Å². The van der Waals surface area contributed by atoms with Gasteiger partial charge in [0.2, 0.25) is 0 Å². The highest BCUT2D eigenvalue weighted by Gasteiger charge is 2.16. The highest BCUT2D eigenvalue weighted by molar-refractivity contribution is 5.92. The van der Waals surface area contributed by atoms with Gasteiger partial charge < -0.3 is 14.2 Å². The Hall–Kier alpha value is -3.11. The van der Waals surface area contributed by atoms with Crippen molar-refractivity contribution in [2.24, 2.45) is 0 Å². The summed E-state index contributed by atoms with van der Waals surface area (Å²) >= 11 is 0. The molecule has 0 aliphatic carbocycles. The van der Waals surface area contributed by atoms with Crippen molar-refractivity contribution >= 4 is 5.97 Å². The van der Waals surface area contributed by atoms with Crippen LogP contribution >= 0.6 is 0 Å². The maximum absolute atomic E-state index is 13.1. The second-order valence-electron chi connectivity index (χ2n) is 11.3. The summed E-state index contributed by atoms with van der Waals surface area (Å²) in [4.78, 5) is 13.1. The van der Waals surface area contributed by atoms with Gasteiger partial charge in [-0.3, -0.25) is 0 Å². The van der Waals surface area contributed by atoms with Crippen molar-refractivity contribution in [3.8, 4) is 22.6 Å². The molecule has 4 nitrogen and oxygen atoms in total. The Labute approximate surface area is 254 Å². The first-order valence-corrected chi connectivity index (χ1v) is 16.4. The molecular formula is C38H52O4. The molecule has 0 amide bonds. The highest BCUT2D eigenvalue weighted by Crippen LogP contribution is 2.31. The molecule has 3 aromatic rings. The van der Waals surface area contributed by atoms with Crippen LogP contribution in [-0.2, 0) is 4.74 Å². The monoisotopic (exact) mass is 572 g/mol. The molecule has 0 aliphatic rings. The second-order valence-corrected chi connectivity index (χ2v) is 11.3. The van der Waals surface area contributed by atoms with Crippen LogP contribution in [0.25, 0.3) is 11.1 Å². The van der Waals surface area contributed by atoms with Crippen LogP contribution in [0.1, 0.15) is 127 Å². The summed E-state index contributed by atoms with van der Waals surface area (Å²) in [5, 5.41) is 0. The zero-order valence-corrected chi connectivity index (χ0v) is 26.4. The van der Waals surface area contributed by atoms with Gasteiger partial charge in [-0.15, -0.1) is 0 Å². The van der Waals surface area contributed by atoms with E-state index in [9.17, 15) is 4.79 Å². The lowest BCUT2D eigenvalue weighted by Crippen LogP contribution is -2.17. The molecule has 0 saturated heterocycles. The molecule has 0 radical (unpaired) electrons. The number of carbonyl (C=O) groups excluding carboxylic acids is 1. The lowest BCUT2D eigenvalue weighted by atomic mass is 10.0. The van der Waals surface area contributed by atoms with Crippen LogP contribution in [0.5, 0.6) is 11.5 Å². The largest absolute Gasteiger partial charge is 0.487 e. The number of para-hydroxylation sites is 2. The Morgan fingerprint density at radius 3 is 1.81 bits per heavy atom. The molecule has 0 aliphatic heterocycles. The molecule has 0 bridgehead atoms. The van der Waals surface area contributed by atoms with Crippen LogP contribution in [0.3, 0.4) is 0 Å². The van der Waals surface area contributed by atoms with Gasteiger partial charge in [0.25, 0.3) is 0 Å². The van der Waals surface area contributed by atoms with E-state index in [0.717, 1.165) is 36.0 Å². The van der Waals surface area contributed by atoms with Gasteiger partial charge in [0, 0.05) is 6.61 Å². The normalized spacial score (nSPS) is 12.6. The summed E-state index contributed by atoms with van der Waals surface area (Å²) in [6.45, 7) is 9.21. The Morgan fingerprint density at radius 2 is 1.21 bits per heavy atom. The molecule has 228 valence electrons. The maximum Gasteiger partial charge on any atom is 0.343 e. The topological polar surface area (TPSA) is 44.8 Å². The van der Waals surface area contributed by atoms with Gasteiger partial charge in [0.05, 0.1) is 17.8 Å². The van der Waals surface area contributed by atoms with Gasteiger partial charge in [0.15, 0.2) is 11.5 Å². The average Bonchev–Trinajstić information content (AvgIpc) is 3.01. The van der Waals surface area contributed by atoms with Gasteiger partial charge in [-0.05, 0) is 74.1 Å². The van der Waals surface area contributed by atoms with Crippen molar-refractivity contribution in [1.29, 1.82) is 0 Å². The molecule has 0 saturated carbocycles. The number of hydrogen-bond acceptors (Lipinski definition) is 4. The van der Waals surface area contributed by atoms with Gasteiger partial charge in [-0.25, -0.2) is 4.79 Å². The Balaban J connectivity index is 1.53. The third-order valence-corrected chi connectivity index (χ3v) is 7.84. The van der Waals surface area contributed by atoms with Crippen LogP contribution in [-0.4, -0.2) is 18.7 Å². The summed E-state index contributed by atoms with van der Waals surface area (Å²) in [5.41, 5.74) is 3.80. The fourth-order valence-electron chi connectivity index (χ4n) is 5.33. The second kappa shape index (κ2) is 19.2. The summed E-state index contributed by atoms with van der Waals surface area (Å²) in [7, 11) is 0. The molecule has 3 rings (SSSR count). The van der Waals surface area contributed by atoms with E-state index in [2.05, 4.69) is 45.0 Å². The van der Waals surface area contributed by atoms with Gasteiger partial charge in [0.1, 0.15) is 0 Å². The predicted octanol–water partition coefficient (Wildman–Crippen LogP) is 11.1. The minimum Gasteiger partial charge on any atom is -0.487 e. The van der Waals surface area contributed by atoms with Crippen molar-refractivity contribution in [1.82, 2.24) is 0 Å². The SMILES string of the molecule is CCCCCCCCCCCC(CCC)Oc1ccccc1OC(=O)c1ccc(-c2ccc(C(C)OCC)cc2)cc1. The third kappa shape index (κ3) is 11.3. The first-order chi connectivity index (χ1) is 20.5. The van der Waals surface area contributed by atoms with E-state index < -0.39 is 0 Å². The van der Waals surface area contributed by atoms with Gasteiger partial charge >= 0.3 is 5.97 Å². The first-order valence-electron chi connectivity index (χ1n) is 16.4. The number of ether oxygens (including phenoxy) is 3. The van der Waals surface area contributed by atoms with E-state index in [1.807, 2.05) is 55.5 Å². The predicted molar refractivity (Wildman–Crippen MR) is 174 cm³/mol. The van der Waals surface area contributed by atoms with E-state index in [1.54, 1.807) is 0 Å². The van der Waals surface area contributed by atoms with Crippen molar-refractivity contribution in [2.75, 3.05) is 6.61 Å². The number of esters is 1. The van der Waals surface area contributed by atoms with Crippen LogP contribution in [0.2, 0.25) is 0 Å². The highest BCUT2D eigenvalue weighted by atomic mass is 16.6. The third-order valence-electron chi connectivity index (χ3n) is 7.84. The van der Waals surface area contributed by atoms with Crippen LogP contribution in [0.4, 0.5) is 0 Å². The molecule has 0 spiro atoms. The molecule has 2 atom stereocenters. The van der Waals surface area contributed by atoms with Crippen molar-refractivity contribution < 1.29 is 19.0 Å². The summed E-state index contributed by atoms with van der Waals surface area (Å²) in [6, 6.07) is 23.5. The van der Waals surface area contributed by atoms with Crippen molar-refractivity contribution in [3.05, 3.63) is 83.9 Å². The molecule has 0 aromatic heterocycles. The molecule has 2 unspecified atom stereocenters. The van der Waals surface area contributed by atoms with Crippen LogP contribution in [0, 0.1) is 0 Å². The van der Waals surface area contributed by atoms with Crippen molar-refractivity contribution in [2.45, 2.75) is 117 Å². The first kappa shape index (κ1) is 33.4. The van der Waals surface area contributed by atoms with E-state index in [0.29, 0.717) is 23.7 Å². The molecule has 3 aromatic carbocycles. The smallest absolute Gasteiger partial charge is 0.343 e. The number of benzene rings is 3. The van der Waals surface area contributed by atoms with Crippen LogP contribution < -0.4 is 9.47 Å². The Morgan fingerprint density at radius 1 is 0.643 bits per heavy atom. The Bertz CT molecular complexity index is 1150. The number of rotatable bonds is 20. The van der Waals surface area contributed by atoms with Gasteiger partial charge in [-0.2, -0.15) is 0 Å². The van der Waals surface area contributed by atoms with Gasteiger partial charge in [-0.1, -0.05) is 120 Å². The molecule has 0 N–H and O–H groups in total. The fourth-order valence-corrected chi connectivity index (χ4v) is 5.33. The zero-order valence-electron chi connectivity index (χ0n) is 26.4. The lowest BCUT2D eigenvalue weighted by molar-refractivity contribution is 0.0720. The number of unbranched alkanes of at least 4 members (excludes halogenated alkanes) is 8. The fraction of sp³-hybridized carbons (Fsp3) is 0.500. The van der Waals surface area contributed by atoms with E-state index in [-0.39, 0.29) is 18.2 Å². The molecule has 4 heteroatoms. The lowest BCUT2D eigenvalue weighted by Gasteiger charge is -2.20. The van der Waals surface area contributed by atoms with E-state index >= 15 is 0 Å². The molecule has 0 heterocycles. The minimum atomic E-state index is -0.385. The number of carbonyl (C=O) groups is 1. The van der Waals surface area contributed by atoms with E-state index in [4.69, 9.17) is 14.2 Å². The van der Waals surface area contributed by atoms with Crippen LogP contribution in [0.15, 0.2) is 72.8 Å². The summed E-state index contributed by atoms with van der Waals surface area (Å²) in [5.74, 6) is 0.724. The number of hydrogen-bond donors (Lipinski definition) is 0. The summed E-state index contributed by atoms with van der Waals surface area (Å²) in [6.07, 6.45) is 15.1.